The lowest BCUT2D eigenvalue weighted by Crippen LogP contribution is -2.47. The third-order valence-corrected chi connectivity index (χ3v) is 7.10. The lowest BCUT2D eigenvalue weighted by Gasteiger charge is -2.43. The van der Waals surface area contributed by atoms with Crippen molar-refractivity contribution in [2.24, 2.45) is 23.7 Å². The van der Waals surface area contributed by atoms with Crippen LogP contribution in [-0.2, 0) is 27.4 Å². The lowest BCUT2D eigenvalue weighted by atomic mass is 9.79. The van der Waals surface area contributed by atoms with Crippen LogP contribution >= 0.6 is 0 Å². The minimum Gasteiger partial charge on any atom is -0.396 e. The van der Waals surface area contributed by atoms with Gasteiger partial charge in [-0.2, -0.15) is 0 Å². The first-order chi connectivity index (χ1) is 16.0. The summed E-state index contributed by atoms with van der Waals surface area (Å²) in [5.74, 6) is 1.02. The number of aliphatic hydroxyl groups is 1. The highest BCUT2D eigenvalue weighted by Crippen LogP contribution is 2.36. The van der Waals surface area contributed by atoms with Crippen LogP contribution in [0.15, 0.2) is 60.7 Å². The molecule has 1 N–H and O–H groups in total. The van der Waals surface area contributed by atoms with E-state index in [1.165, 1.54) is 5.56 Å². The van der Waals surface area contributed by atoms with E-state index in [2.05, 4.69) is 52.0 Å². The van der Waals surface area contributed by atoms with Gasteiger partial charge < -0.3 is 19.3 Å². The Kier molecular flexibility index (Phi) is 10.4. The molecule has 0 saturated carbocycles. The monoisotopic (exact) mass is 454 g/mol. The molecule has 3 rings (SSSR count). The van der Waals surface area contributed by atoms with Crippen molar-refractivity contribution in [1.82, 2.24) is 0 Å². The summed E-state index contributed by atoms with van der Waals surface area (Å²) in [6, 6.07) is 20.6. The quantitative estimate of drug-likeness (QED) is 0.435. The lowest BCUT2D eigenvalue weighted by molar-refractivity contribution is -0.163. The van der Waals surface area contributed by atoms with Crippen LogP contribution in [0.25, 0.3) is 0 Å². The van der Waals surface area contributed by atoms with E-state index in [4.69, 9.17) is 14.2 Å². The molecule has 0 spiro atoms. The minimum atomic E-state index is -0.0638. The van der Waals surface area contributed by atoms with Gasteiger partial charge in [0.25, 0.3) is 0 Å². The molecule has 0 radical (unpaired) electrons. The number of hydrogen-bond acceptors (Lipinski definition) is 4. The van der Waals surface area contributed by atoms with Gasteiger partial charge in [0.1, 0.15) is 0 Å². The average molecular weight is 455 g/mol. The summed E-state index contributed by atoms with van der Waals surface area (Å²) in [6.45, 7) is 10.8. The molecule has 0 unspecified atom stereocenters. The SMILES string of the molecule is C[C@@H]([C@@H](OCc1ccccc1)[C@@H](C)CO)[C@H]1O[C@H]([C@H](C)COCc2ccccc2)CC[C@@H]1C. The van der Waals surface area contributed by atoms with Crippen LogP contribution in [0.3, 0.4) is 0 Å². The Bertz CT molecular complexity index is 781. The number of rotatable bonds is 12. The summed E-state index contributed by atoms with van der Waals surface area (Å²) in [5, 5.41) is 9.91. The second kappa shape index (κ2) is 13.2. The van der Waals surface area contributed by atoms with E-state index >= 15 is 0 Å². The summed E-state index contributed by atoms with van der Waals surface area (Å²) in [6.07, 6.45) is 2.43. The van der Waals surface area contributed by atoms with Gasteiger partial charge in [-0.05, 0) is 29.9 Å². The van der Waals surface area contributed by atoms with E-state index in [0.717, 1.165) is 18.4 Å². The highest BCUT2D eigenvalue weighted by Gasteiger charge is 2.39. The first-order valence-corrected chi connectivity index (χ1v) is 12.5. The maximum atomic E-state index is 9.91. The van der Waals surface area contributed by atoms with Crippen LogP contribution in [0, 0.1) is 23.7 Å². The van der Waals surface area contributed by atoms with Crippen molar-refractivity contribution in [3.8, 4) is 0 Å². The third kappa shape index (κ3) is 7.65. The first-order valence-electron chi connectivity index (χ1n) is 12.5. The van der Waals surface area contributed by atoms with E-state index < -0.39 is 0 Å². The van der Waals surface area contributed by atoms with E-state index in [0.29, 0.717) is 31.7 Å². The summed E-state index contributed by atoms with van der Waals surface area (Å²) in [5.41, 5.74) is 2.35. The molecule has 0 amide bonds. The zero-order valence-electron chi connectivity index (χ0n) is 20.7. The molecule has 7 atom stereocenters. The Labute approximate surface area is 200 Å². The van der Waals surface area contributed by atoms with Crippen molar-refractivity contribution in [3.63, 3.8) is 0 Å². The van der Waals surface area contributed by atoms with Crippen molar-refractivity contribution >= 4 is 0 Å². The molecule has 2 aromatic rings. The van der Waals surface area contributed by atoms with Gasteiger partial charge in [0.15, 0.2) is 0 Å². The van der Waals surface area contributed by atoms with Gasteiger partial charge in [0.2, 0.25) is 0 Å². The molecule has 1 aliphatic rings. The molecule has 33 heavy (non-hydrogen) atoms. The van der Waals surface area contributed by atoms with Crippen LogP contribution in [0.2, 0.25) is 0 Å². The predicted octanol–water partition coefficient (Wildman–Crippen LogP) is 5.87. The summed E-state index contributed by atoms with van der Waals surface area (Å²) in [4.78, 5) is 0. The molecule has 4 nitrogen and oxygen atoms in total. The summed E-state index contributed by atoms with van der Waals surface area (Å²) in [7, 11) is 0. The Balaban J connectivity index is 1.57. The van der Waals surface area contributed by atoms with Gasteiger partial charge in [0, 0.05) is 24.4 Å². The third-order valence-electron chi connectivity index (χ3n) is 7.10. The molecule has 1 fully saturated rings. The highest BCUT2D eigenvalue weighted by molar-refractivity contribution is 5.14. The average Bonchev–Trinajstić information content (AvgIpc) is 2.85. The standard InChI is InChI=1S/C29H42O4/c1-21-15-16-27(23(3)18-31-19-25-11-7-5-8-12-25)33-29(21)24(4)28(22(2)17-30)32-20-26-13-9-6-10-14-26/h5-14,21-24,27-30H,15-20H2,1-4H3/t21-,22-,23+,24-,27-,28-,29-/m0/s1. The van der Waals surface area contributed by atoms with Gasteiger partial charge in [-0.15, -0.1) is 0 Å². The fourth-order valence-corrected chi connectivity index (χ4v) is 4.99. The molecule has 1 heterocycles. The predicted molar refractivity (Wildman–Crippen MR) is 133 cm³/mol. The minimum absolute atomic E-state index is 0.0477. The van der Waals surface area contributed by atoms with Gasteiger partial charge >= 0.3 is 0 Å². The number of ether oxygens (including phenoxy) is 3. The highest BCUT2D eigenvalue weighted by atomic mass is 16.5. The number of aliphatic hydroxyl groups excluding tert-OH is 1. The maximum absolute atomic E-state index is 9.91. The van der Waals surface area contributed by atoms with E-state index in [9.17, 15) is 5.11 Å². The van der Waals surface area contributed by atoms with Crippen LogP contribution in [-0.4, -0.2) is 36.6 Å². The van der Waals surface area contributed by atoms with Crippen molar-refractivity contribution < 1.29 is 19.3 Å². The van der Waals surface area contributed by atoms with Gasteiger partial charge in [-0.3, -0.25) is 0 Å². The molecule has 0 aromatic heterocycles. The second-order valence-electron chi connectivity index (χ2n) is 9.95. The molecular formula is C29H42O4. The first kappa shape index (κ1) is 25.9. The van der Waals surface area contributed by atoms with Gasteiger partial charge in [-0.1, -0.05) is 88.4 Å². The number of benzene rings is 2. The van der Waals surface area contributed by atoms with Crippen LogP contribution in [0.5, 0.6) is 0 Å². The zero-order chi connectivity index (χ0) is 23.6. The van der Waals surface area contributed by atoms with Gasteiger partial charge in [0.05, 0.1) is 38.1 Å². The largest absolute Gasteiger partial charge is 0.396 e. The Morgan fingerprint density at radius 2 is 1.52 bits per heavy atom. The Hall–Kier alpha value is -1.72. The van der Waals surface area contributed by atoms with Crippen LogP contribution in [0.4, 0.5) is 0 Å². The van der Waals surface area contributed by atoms with Crippen LogP contribution in [0.1, 0.15) is 51.7 Å². The molecule has 182 valence electrons. The smallest absolute Gasteiger partial charge is 0.0720 e. The molecule has 0 bridgehead atoms. The topological polar surface area (TPSA) is 47.9 Å². The van der Waals surface area contributed by atoms with Crippen molar-refractivity contribution in [1.29, 1.82) is 0 Å². The molecule has 2 aromatic carbocycles. The Morgan fingerprint density at radius 1 is 0.909 bits per heavy atom. The van der Waals surface area contributed by atoms with Gasteiger partial charge in [-0.25, -0.2) is 0 Å². The summed E-state index contributed by atoms with van der Waals surface area (Å²) < 4.78 is 19.1. The fraction of sp³-hybridized carbons (Fsp3) is 0.586. The van der Waals surface area contributed by atoms with Crippen molar-refractivity contribution in [3.05, 3.63) is 71.8 Å². The maximum Gasteiger partial charge on any atom is 0.0720 e. The second-order valence-corrected chi connectivity index (χ2v) is 9.95. The fourth-order valence-electron chi connectivity index (χ4n) is 4.99. The molecule has 1 aliphatic heterocycles. The normalized spacial score (nSPS) is 24.7. The van der Waals surface area contributed by atoms with E-state index in [-0.39, 0.29) is 36.8 Å². The van der Waals surface area contributed by atoms with Crippen molar-refractivity contribution in [2.45, 2.75) is 72.1 Å². The Morgan fingerprint density at radius 3 is 2.12 bits per heavy atom. The molecule has 0 aliphatic carbocycles. The van der Waals surface area contributed by atoms with E-state index in [1.54, 1.807) is 0 Å². The molecular weight excluding hydrogens is 412 g/mol. The summed E-state index contributed by atoms with van der Waals surface area (Å²) >= 11 is 0. The molecule has 4 heteroatoms. The van der Waals surface area contributed by atoms with Crippen molar-refractivity contribution in [2.75, 3.05) is 13.2 Å². The number of hydrogen-bond donors (Lipinski definition) is 1. The van der Waals surface area contributed by atoms with E-state index in [1.807, 2.05) is 36.4 Å². The zero-order valence-corrected chi connectivity index (χ0v) is 20.7. The molecule has 1 saturated heterocycles. The van der Waals surface area contributed by atoms with Crippen LogP contribution < -0.4 is 0 Å².